The fraction of sp³-hybridized carbons (Fsp3) is 0.308. The normalized spacial score (nSPS) is 11.9. The maximum absolute atomic E-state index is 13.2. The third kappa shape index (κ3) is 3.61. The van der Waals surface area contributed by atoms with Gasteiger partial charge in [-0.2, -0.15) is 9.37 Å². The van der Waals surface area contributed by atoms with Crippen molar-refractivity contribution in [3.05, 3.63) is 42.1 Å². The molecule has 0 aromatic carbocycles. The molecule has 0 spiro atoms. The zero-order chi connectivity index (χ0) is 13.7. The van der Waals surface area contributed by atoms with Crippen molar-refractivity contribution in [3.8, 4) is 5.88 Å². The van der Waals surface area contributed by atoms with E-state index in [1.165, 1.54) is 7.11 Å². The van der Waals surface area contributed by atoms with E-state index in [4.69, 9.17) is 4.74 Å². The number of rotatable bonds is 5. The molecule has 0 fully saturated rings. The van der Waals surface area contributed by atoms with Crippen molar-refractivity contribution < 1.29 is 9.13 Å². The minimum atomic E-state index is -0.576. The van der Waals surface area contributed by atoms with E-state index in [-0.39, 0.29) is 11.9 Å². The summed E-state index contributed by atoms with van der Waals surface area (Å²) in [4.78, 5) is 11.9. The zero-order valence-electron chi connectivity index (χ0n) is 10.8. The first kappa shape index (κ1) is 13.2. The molecule has 19 heavy (non-hydrogen) atoms. The lowest BCUT2D eigenvalue weighted by atomic mass is 10.1. The molecule has 0 aliphatic heterocycles. The summed E-state index contributed by atoms with van der Waals surface area (Å²) in [6, 6.07) is 3.98. The molecule has 0 aliphatic rings. The number of pyridine rings is 1. The molecule has 100 valence electrons. The Morgan fingerprint density at radius 1 is 1.42 bits per heavy atom. The number of halogens is 1. The van der Waals surface area contributed by atoms with Gasteiger partial charge in [-0.05, 0) is 25.0 Å². The van der Waals surface area contributed by atoms with Gasteiger partial charge in [0.25, 0.3) is 5.88 Å². The summed E-state index contributed by atoms with van der Waals surface area (Å²) in [7, 11) is 1.37. The number of nitrogens with zero attached hydrogens (tertiary/aromatic N) is 3. The summed E-state index contributed by atoms with van der Waals surface area (Å²) in [6.07, 6.45) is 5.40. The van der Waals surface area contributed by atoms with Gasteiger partial charge in [0.15, 0.2) is 0 Å². The van der Waals surface area contributed by atoms with Crippen LogP contribution >= 0.6 is 0 Å². The van der Waals surface area contributed by atoms with E-state index < -0.39 is 5.82 Å². The predicted molar refractivity (Wildman–Crippen MR) is 69.6 cm³/mol. The summed E-state index contributed by atoms with van der Waals surface area (Å²) < 4.78 is 18.0. The quantitative estimate of drug-likeness (QED) is 0.893. The van der Waals surface area contributed by atoms with Crippen molar-refractivity contribution in [2.75, 3.05) is 12.4 Å². The first-order valence-corrected chi connectivity index (χ1v) is 5.91. The molecule has 1 atom stereocenters. The van der Waals surface area contributed by atoms with E-state index in [2.05, 4.69) is 20.3 Å². The number of ether oxygens (including phenoxy) is 1. The topological polar surface area (TPSA) is 59.9 Å². The largest absolute Gasteiger partial charge is 0.479 e. The first-order valence-electron chi connectivity index (χ1n) is 5.91. The van der Waals surface area contributed by atoms with Gasteiger partial charge in [-0.25, -0.2) is 4.98 Å². The Labute approximate surface area is 110 Å². The highest BCUT2D eigenvalue weighted by atomic mass is 19.1. The van der Waals surface area contributed by atoms with Gasteiger partial charge in [0, 0.05) is 18.4 Å². The summed E-state index contributed by atoms with van der Waals surface area (Å²) in [5.41, 5.74) is 1.11. The second-order valence-corrected chi connectivity index (χ2v) is 4.16. The van der Waals surface area contributed by atoms with Gasteiger partial charge in [0.2, 0.25) is 11.8 Å². The molecule has 0 bridgehead atoms. The van der Waals surface area contributed by atoms with Crippen molar-refractivity contribution in [1.29, 1.82) is 0 Å². The zero-order valence-corrected chi connectivity index (χ0v) is 10.8. The summed E-state index contributed by atoms with van der Waals surface area (Å²) >= 11 is 0. The number of methoxy groups -OCH3 is 1. The first-order chi connectivity index (χ1) is 9.19. The second kappa shape index (κ2) is 6.08. The number of aromatic nitrogens is 3. The van der Waals surface area contributed by atoms with Crippen LogP contribution in [0.1, 0.15) is 12.5 Å². The Kier molecular flexibility index (Phi) is 4.22. The lowest BCUT2D eigenvalue weighted by Gasteiger charge is -2.14. The molecule has 0 radical (unpaired) electrons. The molecule has 1 unspecified atom stereocenters. The van der Waals surface area contributed by atoms with Gasteiger partial charge in [-0.1, -0.05) is 6.07 Å². The predicted octanol–water partition coefficient (Wildman–Crippen LogP) is 2.06. The van der Waals surface area contributed by atoms with Crippen molar-refractivity contribution in [2.24, 2.45) is 0 Å². The van der Waals surface area contributed by atoms with E-state index in [0.717, 1.165) is 18.2 Å². The molecule has 1 N–H and O–H groups in total. The van der Waals surface area contributed by atoms with E-state index in [1.54, 1.807) is 6.20 Å². The average molecular weight is 262 g/mol. The van der Waals surface area contributed by atoms with Gasteiger partial charge in [-0.15, -0.1) is 0 Å². The SMILES string of the molecule is COc1nc(NC(C)Cc2cccnc2)ncc1F. The standard InChI is InChI=1S/C13H15FN4O/c1-9(6-10-4-3-5-15-7-10)17-13-16-8-11(14)12(18-13)19-2/h3-5,7-9H,6H2,1-2H3,(H,16,17,18). The van der Waals surface area contributed by atoms with E-state index in [1.807, 2.05) is 25.3 Å². The average Bonchev–Trinajstić information content (AvgIpc) is 2.42. The van der Waals surface area contributed by atoms with Crippen LogP contribution < -0.4 is 10.1 Å². The molecule has 0 amide bonds. The fourth-order valence-electron chi connectivity index (χ4n) is 1.71. The van der Waals surface area contributed by atoms with Crippen LogP contribution in [-0.2, 0) is 6.42 Å². The van der Waals surface area contributed by atoms with Crippen molar-refractivity contribution >= 4 is 5.95 Å². The highest BCUT2D eigenvalue weighted by molar-refractivity contribution is 5.30. The number of hydrogen-bond donors (Lipinski definition) is 1. The van der Waals surface area contributed by atoms with Crippen LogP contribution in [-0.4, -0.2) is 28.1 Å². The third-order valence-corrected chi connectivity index (χ3v) is 2.55. The van der Waals surface area contributed by atoms with E-state index in [0.29, 0.717) is 5.95 Å². The number of nitrogens with one attached hydrogen (secondary N) is 1. The lowest BCUT2D eigenvalue weighted by Crippen LogP contribution is -2.20. The molecule has 2 aromatic rings. The Hall–Kier alpha value is -2.24. The van der Waals surface area contributed by atoms with Crippen LogP contribution in [0.4, 0.5) is 10.3 Å². The minimum absolute atomic E-state index is 0.0638. The Morgan fingerprint density at radius 3 is 2.95 bits per heavy atom. The van der Waals surface area contributed by atoms with Crippen LogP contribution in [0.25, 0.3) is 0 Å². The van der Waals surface area contributed by atoms with Crippen LogP contribution in [0.5, 0.6) is 5.88 Å². The molecule has 6 heteroatoms. The molecule has 2 rings (SSSR count). The molecule has 0 saturated heterocycles. The Bertz CT molecular complexity index is 535. The van der Waals surface area contributed by atoms with Crippen LogP contribution in [0.3, 0.4) is 0 Å². The van der Waals surface area contributed by atoms with E-state index in [9.17, 15) is 4.39 Å². The molecule has 5 nitrogen and oxygen atoms in total. The summed E-state index contributed by atoms with van der Waals surface area (Å²) in [5, 5.41) is 3.10. The highest BCUT2D eigenvalue weighted by Crippen LogP contribution is 2.14. The van der Waals surface area contributed by atoms with Crippen molar-refractivity contribution in [1.82, 2.24) is 15.0 Å². The van der Waals surface area contributed by atoms with Gasteiger partial charge in [-0.3, -0.25) is 4.98 Å². The van der Waals surface area contributed by atoms with Gasteiger partial charge >= 0.3 is 0 Å². The van der Waals surface area contributed by atoms with Crippen LogP contribution in [0.2, 0.25) is 0 Å². The molecule has 2 heterocycles. The van der Waals surface area contributed by atoms with Crippen LogP contribution in [0.15, 0.2) is 30.7 Å². The third-order valence-electron chi connectivity index (χ3n) is 2.55. The monoisotopic (exact) mass is 262 g/mol. The summed E-state index contributed by atoms with van der Waals surface area (Å²) in [5.74, 6) is -0.298. The lowest BCUT2D eigenvalue weighted by molar-refractivity contribution is 0.367. The van der Waals surface area contributed by atoms with Gasteiger partial charge in [0.05, 0.1) is 13.3 Å². The number of anilines is 1. The molecule has 0 aliphatic carbocycles. The number of hydrogen-bond acceptors (Lipinski definition) is 5. The Balaban J connectivity index is 2.01. The van der Waals surface area contributed by atoms with Gasteiger partial charge in [0.1, 0.15) is 0 Å². The van der Waals surface area contributed by atoms with Crippen molar-refractivity contribution in [2.45, 2.75) is 19.4 Å². The fourth-order valence-corrected chi connectivity index (χ4v) is 1.71. The van der Waals surface area contributed by atoms with Gasteiger partial charge < -0.3 is 10.1 Å². The molecule has 0 saturated carbocycles. The maximum atomic E-state index is 13.2. The molecular formula is C13H15FN4O. The minimum Gasteiger partial charge on any atom is -0.479 e. The highest BCUT2D eigenvalue weighted by Gasteiger charge is 2.09. The summed E-state index contributed by atoms with van der Waals surface area (Å²) in [6.45, 7) is 1.99. The smallest absolute Gasteiger partial charge is 0.255 e. The Morgan fingerprint density at radius 2 is 2.26 bits per heavy atom. The van der Waals surface area contributed by atoms with Crippen LogP contribution in [0, 0.1) is 5.82 Å². The van der Waals surface area contributed by atoms with E-state index >= 15 is 0 Å². The maximum Gasteiger partial charge on any atom is 0.255 e. The molecular weight excluding hydrogens is 247 g/mol. The molecule has 2 aromatic heterocycles. The van der Waals surface area contributed by atoms with Crippen molar-refractivity contribution in [3.63, 3.8) is 0 Å². The second-order valence-electron chi connectivity index (χ2n) is 4.16.